The first-order valence-corrected chi connectivity index (χ1v) is 6.05. The number of aromatic nitrogens is 1. The van der Waals surface area contributed by atoms with Gasteiger partial charge >= 0.3 is 0 Å². The van der Waals surface area contributed by atoms with Gasteiger partial charge in [0.15, 0.2) is 5.82 Å². The molecular formula is C12H15BrFN. The average molecular weight is 272 g/mol. The zero-order valence-corrected chi connectivity index (χ0v) is 10.9. The molecule has 1 heterocycles. The maximum atomic E-state index is 13.8. The van der Waals surface area contributed by atoms with Crippen molar-refractivity contribution in [2.75, 3.05) is 0 Å². The van der Waals surface area contributed by atoms with Gasteiger partial charge in [0.05, 0.1) is 0 Å². The topological polar surface area (TPSA) is 12.9 Å². The lowest BCUT2D eigenvalue weighted by molar-refractivity contribution is 0.546. The third-order valence-electron chi connectivity index (χ3n) is 2.73. The second-order valence-corrected chi connectivity index (χ2v) is 5.98. The van der Waals surface area contributed by atoms with Gasteiger partial charge < -0.3 is 0 Å². The van der Waals surface area contributed by atoms with Crippen LogP contribution >= 0.6 is 15.9 Å². The van der Waals surface area contributed by atoms with Crippen LogP contribution in [0.3, 0.4) is 0 Å². The summed E-state index contributed by atoms with van der Waals surface area (Å²) in [5.74, 6) is 0.246. The Kier molecular flexibility index (Phi) is 2.61. The summed E-state index contributed by atoms with van der Waals surface area (Å²) in [6.45, 7) is 6.28. The Labute approximate surface area is 98.2 Å². The maximum Gasteiger partial charge on any atom is 0.159 e. The lowest BCUT2D eigenvalue weighted by atomic mass is 9.90. The summed E-state index contributed by atoms with van der Waals surface area (Å²) in [5, 5.41) is 0. The molecule has 1 aliphatic rings. The number of halogens is 2. The van der Waals surface area contributed by atoms with Crippen LogP contribution in [0.15, 0.2) is 10.7 Å². The van der Waals surface area contributed by atoms with Crippen molar-refractivity contribution in [2.24, 2.45) is 0 Å². The van der Waals surface area contributed by atoms with Crippen molar-refractivity contribution in [1.29, 1.82) is 0 Å². The van der Waals surface area contributed by atoms with Gasteiger partial charge in [-0.2, -0.15) is 0 Å². The summed E-state index contributed by atoms with van der Waals surface area (Å²) < 4.78 is 14.1. The van der Waals surface area contributed by atoms with Crippen LogP contribution in [-0.4, -0.2) is 4.98 Å². The van der Waals surface area contributed by atoms with Crippen molar-refractivity contribution >= 4 is 15.9 Å². The second kappa shape index (κ2) is 3.55. The molecule has 0 bridgehead atoms. The average Bonchev–Trinajstić information content (AvgIpc) is 2.90. The van der Waals surface area contributed by atoms with Crippen molar-refractivity contribution in [3.05, 3.63) is 27.7 Å². The minimum Gasteiger partial charge on any atom is -0.242 e. The summed E-state index contributed by atoms with van der Waals surface area (Å²) in [7, 11) is 0. The van der Waals surface area contributed by atoms with Crippen LogP contribution in [0.2, 0.25) is 0 Å². The van der Waals surface area contributed by atoms with Crippen LogP contribution in [0.25, 0.3) is 0 Å². The normalized spacial score (nSPS) is 16.9. The third kappa shape index (κ3) is 2.22. The molecule has 0 atom stereocenters. The van der Waals surface area contributed by atoms with Crippen LogP contribution in [0, 0.1) is 5.82 Å². The fourth-order valence-corrected chi connectivity index (χ4v) is 2.01. The smallest absolute Gasteiger partial charge is 0.159 e. The van der Waals surface area contributed by atoms with Crippen molar-refractivity contribution in [3.8, 4) is 0 Å². The molecule has 1 aromatic heterocycles. The van der Waals surface area contributed by atoms with Gasteiger partial charge in [0, 0.05) is 11.1 Å². The van der Waals surface area contributed by atoms with E-state index in [0.29, 0.717) is 10.5 Å². The van der Waals surface area contributed by atoms with E-state index in [-0.39, 0.29) is 11.2 Å². The van der Waals surface area contributed by atoms with Crippen LogP contribution < -0.4 is 0 Å². The minimum absolute atomic E-state index is 0.0279. The van der Waals surface area contributed by atoms with Gasteiger partial charge in [-0.15, -0.1) is 0 Å². The van der Waals surface area contributed by atoms with Gasteiger partial charge in [-0.3, -0.25) is 0 Å². The largest absolute Gasteiger partial charge is 0.242 e. The quantitative estimate of drug-likeness (QED) is 0.699. The van der Waals surface area contributed by atoms with Crippen LogP contribution in [-0.2, 0) is 5.41 Å². The zero-order chi connectivity index (χ0) is 11.2. The SMILES string of the molecule is CC(C)(C)c1cc(C2CC2)c(F)c(Br)n1. The first-order chi connectivity index (χ1) is 6.89. The number of nitrogens with zero attached hydrogens (tertiary/aromatic N) is 1. The Morgan fingerprint density at radius 2 is 2.00 bits per heavy atom. The minimum atomic E-state index is -0.175. The number of hydrogen-bond donors (Lipinski definition) is 0. The summed E-state index contributed by atoms with van der Waals surface area (Å²) in [5.41, 5.74) is 1.76. The Balaban J connectivity index is 2.51. The Morgan fingerprint density at radius 3 is 2.47 bits per heavy atom. The molecule has 0 aliphatic heterocycles. The van der Waals surface area contributed by atoms with E-state index in [2.05, 4.69) is 41.7 Å². The van der Waals surface area contributed by atoms with Gasteiger partial charge in [0.1, 0.15) is 4.60 Å². The van der Waals surface area contributed by atoms with E-state index in [1.807, 2.05) is 6.07 Å². The molecule has 1 nitrogen and oxygen atoms in total. The van der Waals surface area contributed by atoms with Crippen molar-refractivity contribution < 1.29 is 4.39 Å². The van der Waals surface area contributed by atoms with Gasteiger partial charge in [-0.25, -0.2) is 9.37 Å². The van der Waals surface area contributed by atoms with E-state index in [4.69, 9.17) is 0 Å². The van der Waals surface area contributed by atoms with Crippen molar-refractivity contribution in [2.45, 2.75) is 44.9 Å². The highest BCUT2D eigenvalue weighted by molar-refractivity contribution is 9.10. The molecule has 1 aliphatic carbocycles. The van der Waals surface area contributed by atoms with Gasteiger partial charge in [-0.1, -0.05) is 20.8 Å². The van der Waals surface area contributed by atoms with Gasteiger partial charge in [0.2, 0.25) is 0 Å². The van der Waals surface area contributed by atoms with Crippen LogP contribution in [0.4, 0.5) is 4.39 Å². The molecule has 1 saturated carbocycles. The van der Waals surface area contributed by atoms with Gasteiger partial charge in [0.25, 0.3) is 0 Å². The molecule has 3 heteroatoms. The lowest BCUT2D eigenvalue weighted by Crippen LogP contribution is -2.15. The number of pyridine rings is 1. The van der Waals surface area contributed by atoms with E-state index in [1.165, 1.54) is 0 Å². The van der Waals surface area contributed by atoms with E-state index in [1.54, 1.807) is 0 Å². The molecule has 1 fully saturated rings. The number of rotatable bonds is 1. The van der Waals surface area contributed by atoms with E-state index < -0.39 is 0 Å². The summed E-state index contributed by atoms with van der Waals surface area (Å²) in [4.78, 5) is 4.26. The monoisotopic (exact) mass is 271 g/mol. The van der Waals surface area contributed by atoms with E-state index in [9.17, 15) is 4.39 Å². The van der Waals surface area contributed by atoms with Crippen LogP contribution in [0.5, 0.6) is 0 Å². The second-order valence-electron chi connectivity index (χ2n) is 5.23. The molecule has 82 valence electrons. The first-order valence-electron chi connectivity index (χ1n) is 5.26. The molecule has 0 saturated heterocycles. The van der Waals surface area contributed by atoms with E-state index >= 15 is 0 Å². The predicted molar refractivity (Wildman–Crippen MR) is 62.6 cm³/mol. The molecule has 1 aromatic rings. The van der Waals surface area contributed by atoms with Crippen molar-refractivity contribution in [3.63, 3.8) is 0 Å². The number of hydrogen-bond acceptors (Lipinski definition) is 1. The molecule has 0 radical (unpaired) electrons. The Bertz CT molecular complexity index is 391. The molecule has 0 spiro atoms. The summed E-state index contributed by atoms with van der Waals surface area (Å²) in [6.07, 6.45) is 2.22. The Morgan fingerprint density at radius 1 is 1.40 bits per heavy atom. The Hall–Kier alpha value is -0.440. The van der Waals surface area contributed by atoms with Gasteiger partial charge in [-0.05, 0) is 46.3 Å². The van der Waals surface area contributed by atoms with Crippen LogP contribution in [0.1, 0.15) is 50.8 Å². The molecule has 0 aromatic carbocycles. The lowest BCUT2D eigenvalue weighted by Gasteiger charge is -2.19. The van der Waals surface area contributed by atoms with E-state index in [0.717, 1.165) is 24.1 Å². The zero-order valence-electron chi connectivity index (χ0n) is 9.27. The highest BCUT2D eigenvalue weighted by atomic mass is 79.9. The highest BCUT2D eigenvalue weighted by Gasteiger charge is 2.30. The summed E-state index contributed by atoms with van der Waals surface area (Å²) >= 11 is 3.20. The molecule has 0 N–H and O–H groups in total. The molecule has 0 amide bonds. The molecular weight excluding hydrogens is 257 g/mol. The fraction of sp³-hybridized carbons (Fsp3) is 0.583. The summed E-state index contributed by atoms with van der Waals surface area (Å²) in [6, 6.07) is 1.93. The molecule has 2 rings (SSSR count). The first kappa shape index (κ1) is 11.1. The maximum absolute atomic E-state index is 13.8. The predicted octanol–water partition coefficient (Wildman–Crippen LogP) is 4.16. The van der Waals surface area contributed by atoms with Crippen molar-refractivity contribution in [1.82, 2.24) is 4.98 Å². The molecule has 0 unspecified atom stereocenters. The molecule has 15 heavy (non-hydrogen) atoms. The highest BCUT2D eigenvalue weighted by Crippen LogP contribution is 2.43. The standard InChI is InChI=1S/C12H15BrFN/c1-12(2,3)9-6-8(7-4-5-7)10(14)11(13)15-9/h6-7H,4-5H2,1-3H3. The fourth-order valence-electron chi connectivity index (χ4n) is 1.59. The third-order valence-corrected chi connectivity index (χ3v) is 3.26.